The van der Waals surface area contributed by atoms with Gasteiger partial charge in [-0.05, 0) is 24.6 Å². The Morgan fingerprint density at radius 2 is 2.26 bits per heavy atom. The van der Waals surface area contributed by atoms with Crippen LogP contribution in [0.15, 0.2) is 24.4 Å². The Morgan fingerprint density at radius 3 is 2.89 bits per heavy atom. The topological polar surface area (TPSA) is 72.9 Å². The summed E-state index contributed by atoms with van der Waals surface area (Å²) in [6, 6.07) is 4.95. The number of hydrogen-bond acceptors (Lipinski definition) is 3. The maximum Gasteiger partial charge on any atom is 0.259 e. The molecule has 0 bridgehead atoms. The van der Waals surface area contributed by atoms with E-state index in [0.717, 1.165) is 5.69 Å². The van der Waals surface area contributed by atoms with E-state index in [1.807, 2.05) is 6.92 Å². The number of anilines is 2. The average molecular weight is 279 g/mol. The van der Waals surface area contributed by atoms with Crippen molar-refractivity contribution in [1.82, 2.24) is 9.78 Å². The van der Waals surface area contributed by atoms with Crippen LogP contribution >= 0.6 is 11.6 Å². The number of nitrogen functional groups attached to an aromatic ring is 1. The lowest BCUT2D eigenvalue weighted by Gasteiger charge is -2.08. The Labute approximate surface area is 116 Å². The lowest BCUT2D eigenvalue weighted by Crippen LogP contribution is -2.14. The van der Waals surface area contributed by atoms with Crippen molar-refractivity contribution < 1.29 is 4.79 Å². The monoisotopic (exact) mass is 278 g/mol. The maximum absolute atomic E-state index is 12.2. The first-order valence-corrected chi connectivity index (χ1v) is 6.28. The summed E-state index contributed by atoms with van der Waals surface area (Å²) < 4.78 is 1.62. The fourth-order valence-electron chi connectivity index (χ4n) is 1.82. The molecule has 1 heterocycles. The van der Waals surface area contributed by atoms with E-state index in [2.05, 4.69) is 10.4 Å². The molecule has 0 saturated carbocycles. The Balaban J connectivity index is 2.25. The summed E-state index contributed by atoms with van der Waals surface area (Å²) in [7, 11) is 1.78. The molecule has 0 atom stereocenters. The Kier molecular flexibility index (Phi) is 3.76. The van der Waals surface area contributed by atoms with Gasteiger partial charge in [-0.2, -0.15) is 5.10 Å². The molecule has 0 spiro atoms. The van der Waals surface area contributed by atoms with E-state index in [1.165, 1.54) is 0 Å². The van der Waals surface area contributed by atoms with Crippen LogP contribution in [0.3, 0.4) is 0 Å². The van der Waals surface area contributed by atoms with Crippen molar-refractivity contribution in [2.24, 2.45) is 7.05 Å². The van der Waals surface area contributed by atoms with Gasteiger partial charge < -0.3 is 11.1 Å². The van der Waals surface area contributed by atoms with Gasteiger partial charge in [0.05, 0.1) is 22.6 Å². The minimum atomic E-state index is -0.223. The predicted molar refractivity (Wildman–Crippen MR) is 76.4 cm³/mol. The van der Waals surface area contributed by atoms with E-state index in [4.69, 9.17) is 17.3 Å². The number of halogens is 1. The number of hydrogen-bond donors (Lipinski definition) is 2. The summed E-state index contributed by atoms with van der Waals surface area (Å²) in [6.07, 6.45) is 2.39. The van der Waals surface area contributed by atoms with E-state index in [1.54, 1.807) is 36.1 Å². The number of nitrogens with one attached hydrogen (secondary N) is 1. The smallest absolute Gasteiger partial charge is 0.259 e. The SMILES string of the molecule is CCc1nn(C)cc1C(=O)Nc1ccc(Cl)cc1N. The molecule has 1 amide bonds. The average Bonchev–Trinajstić information content (AvgIpc) is 2.74. The number of carbonyl (C=O) groups is 1. The zero-order valence-corrected chi connectivity index (χ0v) is 11.5. The second-order valence-corrected chi connectivity index (χ2v) is 4.64. The molecule has 6 heteroatoms. The fourth-order valence-corrected chi connectivity index (χ4v) is 2.00. The molecule has 0 unspecified atom stereocenters. The number of rotatable bonds is 3. The molecule has 0 radical (unpaired) electrons. The highest BCUT2D eigenvalue weighted by atomic mass is 35.5. The van der Waals surface area contributed by atoms with Crippen LogP contribution in [-0.4, -0.2) is 15.7 Å². The number of benzene rings is 1. The van der Waals surface area contributed by atoms with Crippen LogP contribution in [0.4, 0.5) is 11.4 Å². The van der Waals surface area contributed by atoms with Gasteiger partial charge in [-0.1, -0.05) is 18.5 Å². The molecule has 1 aromatic carbocycles. The summed E-state index contributed by atoms with van der Waals surface area (Å²) in [5, 5.41) is 7.53. The van der Waals surface area contributed by atoms with Crippen molar-refractivity contribution in [3.63, 3.8) is 0 Å². The molecule has 3 N–H and O–H groups in total. The van der Waals surface area contributed by atoms with Crippen molar-refractivity contribution in [3.8, 4) is 0 Å². The maximum atomic E-state index is 12.2. The van der Waals surface area contributed by atoms with E-state index < -0.39 is 0 Å². The van der Waals surface area contributed by atoms with Gasteiger partial charge in [0, 0.05) is 18.3 Å². The van der Waals surface area contributed by atoms with Gasteiger partial charge in [-0.25, -0.2) is 0 Å². The van der Waals surface area contributed by atoms with Crippen LogP contribution in [0, 0.1) is 0 Å². The third kappa shape index (κ3) is 2.88. The molecule has 5 nitrogen and oxygen atoms in total. The van der Waals surface area contributed by atoms with Crippen LogP contribution in [0.25, 0.3) is 0 Å². The minimum Gasteiger partial charge on any atom is -0.397 e. The highest BCUT2D eigenvalue weighted by molar-refractivity contribution is 6.31. The first-order chi connectivity index (χ1) is 9.01. The molecule has 2 rings (SSSR count). The molecule has 2 aromatic rings. The zero-order valence-electron chi connectivity index (χ0n) is 10.8. The van der Waals surface area contributed by atoms with Crippen molar-refractivity contribution in [1.29, 1.82) is 0 Å². The van der Waals surface area contributed by atoms with Crippen LogP contribution in [0.1, 0.15) is 23.0 Å². The Hall–Kier alpha value is -2.01. The number of aromatic nitrogens is 2. The third-order valence-corrected chi connectivity index (χ3v) is 2.98. The summed E-state index contributed by atoms with van der Waals surface area (Å²) in [4.78, 5) is 12.2. The van der Waals surface area contributed by atoms with E-state index in [-0.39, 0.29) is 5.91 Å². The third-order valence-electron chi connectivity index (χ3n) is 2.75. The highest BCUT2D eigenvalue weighted by Crippen LogP contribution is 2.23. The Bertz CT molecular complexity index is 621. The van der Waals surface area contributed by atoms with E-state index >= 15 is 0 Å². The zero-order chi connectivity index (χ0) is 14.0. The molecular weight excluding hydrogens is 264 g/mol. The summed E-state index contributed by atoms with van der Waals surface area (Å²) in [6.45, 7) is 1.95. The van der Waals surface area contributed by atoms with Crippen LogP contribution in [0.5, 0.6) is 0 Å². The van der Waals surface area contributed by atoms with Gasteiger partial charge in [0.15, 0.2) is 0 Å². The summed E-state index contributed by atoms with van der Waals surface area (Å²) in [5.41, 5.74) is 8.09. The minimum absolute atomic E-state index is 0.223. The number of carbonyl (C=O) groups excluding carboxylic acids is 1. The molecule has 0 fully saturated rings. The lowest BCUT2D eigenvalue weighted by molar-refractivity contribution is 0.102. The van der Waals surface area contributed by atoms with Gasteiger partial charge in [-0.15, -0.1) is 0 Å². The number of aryl methyl sites for hydroxylation is 2. The normalized spacial score (nSPS) is 10.5. The Morgan fingerprint density at radius 1 is 1.53 bits per heavy atom. The molecule has 100 valence electrons. The van der Waals surface area contributed by atoms with Gasteiger partial charge in [0.1, 0.15) is 0 Å². The molecular formula is C13H15ClN4O. The summed E-state index contributed by atoms with van der Waals surface area (Å²) >= 11 is 5.82. The number of amides is 1. The van der Waals surface area contributed by atoms with Gasteiger partial charge in [0.25, 0.3) is 5.91 Å². The quantitative estimate of drug-likeness (QED) is 0.847. The van der Waals surface area contributed by atoms with Gasteiger partial charge >= 0.3 is 0 Å². The van der Waals surface area contributed by atoms with Crippen LogP contribution < -0.4 is 11.1 Å². The van der Waals surface area contributed by atoms with Crippen molar-refractivity contribution in [2.45, 2.75) is 13.3 Å². The van der Waals surface area contributed by atoms with E-state index in [0.29, 0.717) is 28.4 Å². The number of nitrogens with zero attached hydrogens (tertiary/aromatic N) is 2. The van der Waals surface area contributed by atoms with Crippen molar-refractivity contribution >= 4 is 28.9 Å². The van der Waals surface area contributed by atoms with Gasteiger partial charge in [0.2, 0.25) is 0 Å². The molecule has 0 aliphatic rings. The van der Waals surface area contributed by atoms with Gasteiger partial charge in [-0.3, -0.25) is 9.48 Å². The molecule has 0 aliphatic carbocycles. The first-order valence-electron chi connectivity index (χ1n) is 5.90. The fraction of sp³-hybridized carbons (Fsp3) is 0.231. The van der Waals surface area contributed by atoms with E-state index in [9.17, 15) is 4.79 Å². The molecule has 0 saturated heterocycles. The van der Waals surface area contributed by atoms with Crippen molar-refractivity contribution in [2.75, 3.05) is 11.1 Å². The second-order valence-electron chi connectivity index (χ2n) is 4.20. The largest absolute Gasteiger partial charge is 0.397 e. The lowest BCUT2D eigenvalue weighted by atomic mass is 10.2. The first kappa shape index (κ1) is 13.4. The van der Waals surface area contributed by atoms with Crippen LogP contribution in [-0.2, 0) is 13.5 Å². The predicted octanol–water partition coefficient (Wildman–Crippen LogP) is 2.47. The molecule has 1 aromatic heterocycles. The summed E-state index contributed by atoms with van der Waals surface area (Å²) in [5.74, 6) is -0.223. The van der Waals surface area contributed by atoms with Crippen molar-refractivity contribution in [3.05, 3.63) is 40.7 Å². The highest BCUT2D eigenvalue weighted by Gasteiger charge is 2.15. The standard InChI is InChI=1S/C13H15ClN4O/c1-3-11-9(7-18(2)17-11)13(19)16-12-5-4-8(14)6-10(12)15/h4-7H,3,15H2,1-2H3,(H,16,19). The second kappa shape index (κ2) is 5.32. The molecule has 19 heavy (non-hydrogen) atoms. The van der Waals surface area contributed by atoms with Crippen LogP contribution in [0.2, 0.25) is 5.02 Å². The molecule has 0 aliphatic heterocycles. The number of nitrogens with two attached hydrogens (primary N) is 1.